The van der Waals surface area contributed by atoms with Crippen LogP contribution in [0.2, 0.25) is 19.6 Å². The highest BCUT2D eigenvalue weighted by atomic mass is 28.4. The molecule has 0 fully saturated rings. The van der Waals surface area contributed by atoms with E-state index in [2.05, 4.69) is 50.8 Å². The Kier molecular flexibility index (Phi) is 28.4. The number of hydrogen-bond donors (Lipinski definition) is 0. The van der Waals surface area contributed by atoms with Crippen LogP contribution >= 0.6 is 0 Å². The number of rotatable bonds is 34. The monoisotopic (exact) mass is 644 g/mol. The SMILES string of the molecule is CCCCCCCCCc1ccc(OCCOCCOCCOCCOCCOCCOCCOCCO[Si](C)(C)C)cc1. The fourth-order valence-electron chi connectivity index (χ4n) is 4.09. The first-order valence-electron chi connectivity index (χ1n) is 16.9. The third kappa shape index (κ3) is 29.6. The van der Waals surface area contributed by atoms with Gasteiger partial charge in [-0.05, 0) is 50.2 Å². The Labute approximate surface area is 269 Å². The molecule has 0 aliphatic carbocycles. The van der Waals surface area contributed by atoms with Crippen LogP contribution < -0.4 is 4.74 Å². The van der Waals surface area contributed by atoms with Gasteiger partial charge in [-0.1, -0.05) is 57.6 Å². The molecule has 1 aromatic rings. The van der Waals surface area contributed by atoms with Gasteiger partial charge < -0.3 is 42.3 Å². The summed E-state index contributed by atoms with van der Waals surface area (Å²) in [7, 11) is -1.45. The quantitative estimate of drug-likeness (QED) is 0.0632. The average Bonchev–Trinajstić information content (AvgIpc) is 3.00. The van der Waals surface area contributed by atoms with Crippen LogP contribution in [0.25, 0.3) is 0 Å². The third-order valence-electron chi connectivity index (χ3n) is 6.48. The minimum atomic E-state index is -1.45. The molecule has 0 aliphatic heterocycles. The third-order valence-corrected chi connectivity index (χ3v) is 7.55. The lowest BCUT2D eigenvalue weighted by Crippen LogP contribution is -2.27. The predicted octanol–water partition coefficient (Wildman–Crippen LogP) is 6.33. The summed E-state index contributed by atoms with van der Waals surface area (Å²) in [5.74, 6) is 0.892. The first-order chi connectivity index (χ1) is 21.5. The smallest absolute Gasteiger partial charge is 0.183 e. The molecule has 0 saturated heterocycles. The Morgan fingerprint density at radius 3 is 1.20 bits per heavy atom. The van der Waals surface area contributed by atoms with Crippen molar-refractivity contribution < 1.29 is 42.3 Å². The van der Waals surface area contributed by atoms with Gasteiger partial charge in [0.05, 0.1) is 99.1 Å². The molecule has 10 heteroatoms. The highest BCUT2D eigenvalue weighted by Gasteiger charge is 2.13. The number of ether oxygens (including phenoxy) is 8. The van der Waals surface area contributed by atoms with Crippen molar-refractivity contribution >= 4 is 8.32 Å². The van der Waals surface area contributed by atoms with E-state index in [0.717, 1.165) is 12.2 Å². The number of hydrogen-bond acceptors (Lipinski definition) is 9. The van der Waals surface area contributed by atoms with Gasteiger partial charge >= 0.3 is 0 Å². The fraction of sp³-hybridized carbons (Fsp3) is 0.824. The Bertz CT molecular complexity index is 716. The average molecular weight is 645 g/mol. The molecule has 0 radical (unpaired) electrons. The first-order valence-corrected chi connectivity index (χ1v) is 20.3. The van der Waals surface area contributed by atoms with E-state index >= 15 is 0 Å². The van der Waals surface area contributed by atoms with Crippen LogP contribution in [-0.2, 0) is 44.0 Å². The van der Waals surface area contributed by atoms with Gasteiger partial charge in [0, 0.05) is 0 Å². The molecule has 0 bridgehead atoms. The molecule has 0 amide bonds. The lowest BCUT2D eigenvalue weighted by molar-refractivity contribution is -0.0219. The van der Waals surface area contributed by atoms with E-state index in [1.54, 1.807) is 0 Å². The molecule has 0 aromatic heterocycles. The van der Waals surface area contributed by atoms with Crippen molar-refractivity contribution in [2.24, 2.45) is 0 Å². The zero-order chi connectivity index (χ0) is 31.8. The molecular weight excluding hydrogens is 580 g/mol. The highest BCUT2D eigenvalue weighted by molar-refractivity contribution is 6.69. The minimum Gasteiger partial charge on any atom is -0.491 e. The zero-order valence-electron chi connectivity index (χ0n) is 28.5. The second-order valence-electron chi connectivity index (χ2n) is 11.6. The van der Waals surface area contributed by atoms with E-state index in [1.807, 2.05) is 0 Å². The summed E-state index contributed by atoms with van der Waals surface area (Å²) in [6, 6.07) is 8.47. The van der Waals surface area contributed by atoms with Crippen molar-refractivity contribution in [3.05, 3.63) is 29.8 Å². The standard InChI is InChI=1S/C34H64O9Si/c1-5-6-7-8-9-10-11-12-33-13-15-34(16-14-33)42-31-29-40-27-25-38-23-21-36-19-17-35-18-20-37-22-24-39-26-28-41-30-32-43-44(2,3)4/h13-16H,5-12,17-32H2,1-4H3. The van der Waals surface area contributed by atoms with Crippen LogP contribution in [0, 0.1) is 0 Å². The Morgan fingerprint density at radius 2 is 0.795 bits per heavy atom. The summed E-state index contributed by atoms with van der Waals surface area (Å²) in [5.41, 5.74) is 1.38. The lowest BCUT2D eigenvalue weighted by atomic mass is 10.0. The van der Waals surface area contributed by atoms with Gasteiger partial charge in [-0.15, -0.1) is 0 Å². The normalized spacial score (nSPS) is 11.8. The van der Waals surface area contributed by atoms with Crippen LogP contribution in [0.3, 0.4) is 0 Å². The van der Waals surface area contributed by atoms with Crippen LogP contribution in [0.5, 0.6) is 5.75 Å². The van der Waals surface area contributed by atoms with Gasteiger partial charge in [-0.2, -0.15) is 0 Å². The summed E-state index contributed by atoms with van der Waals surface area (Å²) in [4.78, 5) is 0. The Morgan fingerprint density at radius 1 is 0.432 bits per heavy atom. The molecular formula is C34H64O9Si. The van der Waals surface area contributed by atoms with Crippen LogP contribution in [-0.4, -0.2) is 114 Å². The zero-order valence-corrected chi connectivity index (χ0v) is 29.5. The fourth-order valence-corrected chi connectivity index (χ4v) is 4.78. The summed E-state index contributed by atoms with van der Waals surface area (Å²) < 4.78 is 50.1. The Hall–Kier alpha value is -1.08. The minimum absolute atomic E-state index is 0.531. The van der Waals surface area contributed by atoms with Gasteiger partial charge in [0.2, 0.25) is 0 Å². The molecule has 0 aliphatic rings. The second kappa shape index (κ2) is 30.6. The summed E-state index contributed by atoms with van der Waals surface area (Å²) in [6.07, 6.45) is 10.6. The Balaban J connectivity index is 1.74. The molecule has 1 rings (SSSR count). The molecule has 258 valence electrons. The van der Waals surface area contributed by atoms with E-state index in [9.17, 15) is 0 Å². The van der Waals surface area contributed by atoms with Gasteiger partial charge in [-0.3, -0.25) is 0 Å². The van der Waals surface area contributed by atoms with E-state index < -0.39 is 8.32 Å². The molecule has 1 aromatic carbocycles. The number of aryl methyl sites for hydroxylation is 1. The van der Waals surface area contributed by atoms with Crippen LogP contribution in [0.15, 0.2) is 24.3 Å². The molecule has 0 heterocycles. The highest BCUT2D eigenvalue weighted by Crippen LogP contribution is 2.15. The van der Waals surface area contributed by atoms with Crippen molar-refractivity contribution in [3.63, 3.8) is 0 Å². The number of unbranched alkanes of at least 4 members (excludes halogenated alkanes) is 6. The van der Waals surface area contributed by atoms with Gasteiger partial charge in [0.15, 0.2) is 8.32 Å². The maximum absolute atomic E-state index is 5.78. The molecule has 0 unspecified atom stereocenters. The van der Waals surface area contributed by atoms with Crippen molar-refractivity contribution in [1.82, 2.24) is 0 Å². The first kappa shape index (κ1) is 40.9. The van der Waals surface area contributed by atoms with Crippen LogP contribution in [0.4, 0.5) is 0 Å². The van der Waals surface area contributed by atoms with Crippen molar-refractivity contribution in [2.75, 3.05) is 106 Å². The lowest BCUT2D eigenvalue weighted by Gasteiger charge is -2.16. The second-order valence-corrected chi connectivity index (χ2v) is 16.1. The largest absolute Gasteiger partial charge is 0.491 e. The van der Waals surface area contributed by atoms with E-state index in [1.165, 1.54) is 50.5 Å². The van der Waals surface area contributed by atoms with Crippen LogP contribution in [0.1, 0.15) is 57.4 Å². The van der Waals surface area contributed by atoms with E-state index in [-0.39, 0.29) is 0 Å². The molecule has 0 saturated carbocycles. The maximum Gasteiger partial charge on any atom is 0.183 e. The topological polar surface area (TPSA) is 83.1 Å². The molecule has 0 N–H and O–H groups in total. The van der Waals surface area contributed by atoms with E-state index in [0.29, 0.717) is 106 Å². The maximum atomic E-state index is 5.78. The summed E-state index contributed by atoms with van der Waals surface area (Å²) >= 11 is 0. The van der Waals surface area contributed by atoms with Crippen molar-refractivity contribution in [1.29, 1.82) is 0 Å². The van der Waals surface area contributed by atoms with Crippen molar-refractivity contribution in [3.8, 4) is 5.75 Å². The van der Waals surface area contributed by atoms with Crippen molar-refractivity contribution in [2.45, 2.75) is 77.9 Å². The molecule has 0 spiro atoms. The summed E-state index contributed by atoms with van der Waals surface area (Å²) in [5, 5.41) is 0. The van der Waals surface area contributed by atoms with Gasteiger partial charge in [-0.25, -0.2) is 0 Å². The van der Waals surface area contributed by atoms with Gasteiger partial charge in [0.1, 0.15) is 12.4 Å². The molecule has 44 heavy (non-hydrogen) atoms. The molecule has 9 nitrogen and oxygen atoms in total. The van der Waals surface area contributed by atoms with E-state index in [4.69, 9.17) is 42.3 Å². The predicted molar refractivity (Wildman–Crippen MR) is 179 cm³/mol. The van der Waals surface area contributed by atoms with Gasteiger partial charge in [0.25, 0.3) is 0 Å². The molecule has 0 atom stereocenters. The summed E-state index contributed by atoms with van der Waals surface area (Å²) in [6.45, 7) is 17.6. The number of benzene rings is 1.